The molecule has 1 fully saturated rings. The van der Waals surface area contributed by atoms with Gasteiger partial charge in [-0.25, -0.2) is 13.9 Å². The number of aromatic nitrogens is 2. The van der Waals surface area contributed by atoms with E-state index in [0.29, 0.717) is 18.4 Å². The van der Waals surface area contributed by atoms with Crippen molar-refractivity contribution in [3.05, 3.63) is 24.0 Å². The van der Waals surface area contributed by atoms with Gasteiger partial charge in [0.25, 0.3) is 5.91 Å². The highest BCUT2D eigenvalue weighted by Gasteiger charge is 2.52. The van der Waals surface area contributed by atoms with Crippen LogP contribution in [-0.2, 0) is 16.1 Å². The van der Waals surface area contributed by atoms with E-state index in [1.807, 2.05) is 30.7 Å². The second kappa shape index (κ2) is 6.79. The molecule has 1 aromatic heterocycles. The molecule has 25 heavy (non-hydrogen) atoms. The molecule has 0 saturated carbocycles. The standard InChI is InChI=1S/C17H24N5O3/c1-5-6-8-21-15(23)13-14(19(3)17(21)24)18-16-20(9-7-10-25-4)12(2)11-22(13)16/h5-6,11,13H,7-10H2,1-4H3/q+1/b6-5+. The van der Waals surface area contributed by atoms with Crippen molar-refractivity contribution in [1.29, 1.82) is 0 Å². The van der Waals surface area contributed by atoms with Gasteiger partial charge in [-0.15, -0.1) is 0 Å². The molecule has 1 aromatic rings. The van der Waals surface area contributed by atoms with Crippen molar-refractivity contribution in [2.24, 2.45) is 4.99 Å². The number of ether oxygens (including phenoxy) is 1. The van der Waals surface area contributed by atoms with Crippen molar-refractivity contribution in [2.75, 3.05) is 27.3 Å². The van der Waals surface area contributed by atoms with E-state index in [1.54, 1.807) is 20.2 Å². The smallest absolute Gasteiger partial charge is 0.385 e. The van der Waals surface area contributed by atoms with Crippen LogP contribution in [0.15, 0.2) is 23.3 Å². The lowest BCUT2D eigenvalue weighted by Gasteiger charge is -2.32. The van der Waals surface area contributed by atoms with Gasteiger partial charge in [0.05, 0.1) is 6.54 Å². The summed E-state index contributed by atoms with van der Waals surface area (Å²) < 4.78 is 9.05. The maximum atomic E-state index is 12.9. The number of allylic oxidation sites excluding steroid dienone is 1. The van der Waals surface area contributed by atoms with Gasteiger partial charge in [0.2, 0.25) is 11.9 Å². The van der Waals surface area contributed by atoms with Gasteiger partial charge in [-0.2, -0.15) is 0 Å². The molecule has 0 aromatic carbocycles. The predicted octanol–water partition coefficient (Wildman–Crippen LogP) is 1.18. The number of imide groups is 1. The number of likely N-dealkylation sites (N-methyl/N-ethyl adjacent to an activating group) is 1. The monoisotopic (exact) mass is 346 g/mol. The number of hydrogen-bond donors (Lipinski definition) is 0. The molecular weight excluding hydrogens is 322 g/mol. The first-order valence-corrected chi connectivity index (χ1v) is 8.40. The van der Waals surface area contributed by atoms with E-state index in [0.717, 1.165) is 18.7 Å². The summed E-state index contributed by atoms with van der Waals surface area (Å²) in [5.74, 6) is 0.953. The zero-order chi connectivity index (χ0) is 18.1. The average molecular weight is 346 g/mol. The van der Waals surface area contributed by atoms with Gasteiger partial charge in [0.1, 0.15) is 11.9 Å². The van der Waals surface area contributed by atoms with Crippen LogP contribution in [0, 0.1) is 6.92 Å². The minimum atomic E-state index is -0.578. The number of aliphatic imine (C=N–C) groups is 1. The third kappa shape index (κ3) is 2.76. The summed E-state index contributed by atoms with van der Waals surface area (Å²) in [5, 5.41) is 0. The number of methoxy groups -OCH3 is 1. The van der Waals surface area contributed by atoms with E-state index < -0.39 is 6.04 Å². The van der Waals surface area contributed by atoms with Crippen molar-refractivity contribution in [1.82, 2.24) is 14.4 Å². The highest BCUT2D eigenvalue weighted by Crippen LogP contribution is 2.29. The minimum absolute atomic E-state index is 0.238. The van der Waals surface area contributed by atoms with Crippen LogP contribution >= 0.6 is 0 Å². The number of imidazole rings is 1. The lowest BCUT2D eigenvalue weighted by atomic mass is 10.1. The van der Waals surface area contributed by atoms with Crippen LogP contribution in [0.5, 0.6) is 0 Å². The highest BCUT2D eigenvalue weighted by atomic mass is 16.5. The molecule has 8 nitrogen and oxygen atoms in total. The zero-order valence-electron chi connectivity index (χ0n) is 15.1. The number of carbonyl (C=O) groups is 2. The number of carbonyl (C=O) groups excluding carboxylic acids is 2. The molecule has 2 aliphatic heterocycles. The normalized spacial score (nSPS) is 19.7. The summed E-state index contributed by atoms with van der Waals surface area (Å²) in [6.45, 7) is 5.53. The average Bonchev–Trinajstić information content (AvgIpc) is 3.09. The van der Waals surface area contributed by atoms with Gasteiger partial charge in [0, 0.05) is 33.7 Å². The largest absolute Gasteiger partial charge is 0.401 e. The molecule has 0 N–H and O–H groups in total. The number of urea groups is 1. The first-order chi connectivity index (χ1) is 12.0. The number of hydrogen-bond acceptors (Lipinski definition) is 4. The molecule has 8 heteroatoms. The van der Waals surface area contributed by atoms with E-state index in [9.17, 15) is 9.59 Å². The number of aryl methyl sites for hydroxylation is 1. The fraction of sp³-hybridized carbons (Fsp3) is 0.529. The Morgan fingerprint density at radius 2 is 2.16 bits per heavy atom. The Kier molecular flexibility index (Phi) is 4.71. The van der Waals surface area contributed by atoms with Crippen LogP contribution in [-0.4, -0.2) is 59.4 Å². The lowest BCUT2D eigenvalue weighted by Crippen LogP contribution is -2.62. The first kappa shape index (κ1) is 17.3. The molecule has 3 rings (SSSR count). The molecule has 3 heterocycles. The van der Waals surface area contributed by atoms with Gasteiger partial charge in [-0.05, 0) is 13.8 Å². The molecule has 0 aliphatic carbocycles. The maximum absolute atomic E-state index is 12.9. The molecule has 2 aliphatic rings. The third-order valence-electron chi connectivity index (χ3n) is 4.58. The molecule has 3 amide bonds. The van der Waals surface area contributed by atoms with Crippen molar-refractivity contribution in [2.45, 2.75) is 32.9 Å². The maximum Gasteiger partial charge on any atom is 0.401 e. The van der Waals surface area contributed by atoms with E-state index in [1.165, 1.54) is 9.80 Å². The van der Waals surface area contributed by atoms with Gasteiger partial charge in [0.15, 0.2) is 0 Å². The fourth-order valence-electron chi connectivity index (χ4n) is 3.25. The van der Waals surface area contributed by atoms with Crippen molar-refractivity contribution < 1.29 is 18.9 Å². The summed E-state index contributed by atoms with van der Waals surface area (Å²) in [7, 11) is 3.34. The second-order valence-electron chi connectivity index (χ2n) is 6.21. The molecule has 0 bridgehead atoms. The molecule has 0 radical (unpaired) electrons. The van der Waals surface area contributed by atoms with Crippen LogP contribution in [0.1, 0.15) is 25.1 Å². The quantitative estimate of drug-likeness (QED) is 0.441. The topological polar surface area (TPSA) is 71.0 Å². The Morgan fingerprint density at radius 3 is 2.84 bits per heavy atom. The summed E-state index contributed by atoms with van der Waals surface area (Å²) in [5.41, 5.74) is 1.03. The molecule has 1 atom stereocenters. The van der Waals surface area contributed by atoms with Crippen LogP contribution in [0.2, 0.25) is 0 Å². The van der Waals surface area contributed by atoms with E-state index in [2.05, 4.69) is 9.56 Å². The molecule has 134 valence electrons. The molecule has 1 saturated heterocycles. The zero-order valence-corrected chi connectivity index (χ0v) is 15.1. The summed E-state index contributed by atoms with van der Waals surface area (Å²) >= 11 is 0. The Balaban J connectivity index is 1.97. The van der Waals surface area contributed by atoms with Crippen LogP contribution in [0.4, 0.5) is 10.7 Å². The Morgan fingerprint density at radius 1 is 1.40 bits per heavy atom. The lowest BCUT2D eigenvalue weighted by molar-refractivity contribution is -0.677. The molecule has 0 spiro atoms. The van der Waals surface area contributed by atoms with Gasteiger partial charge in [-0.1, -0.05) is 17.1 Å². The van der Waals surface area contributed by atoms with Crippen molar-refractivity contribution >= 4 is 23.7 Å². The summed E-state index contributed by atoms with van der Waals surface area (Å²) in [6, 6.07) is -0.920. The minimum Gasteiger partial charge on any atom is -0.385 e. The van der Waals surface area contributed by atoms with E-state index >= 15 is 0 Å². The third-order valence-corrected chi connectivity index (χ3v) is 4.58. The van der Waals surface area contributed by atoms with E-state index in [-0.39, 0.29) is 18.5 Å². The van der Waals surface area contributed by atoms with Crippen LogP contribution in [0.25, 0.3) is 0 Å². The molecular formula is C17H24N5O3+. The van der Waals surface area contributed by atoms with Gasteiger partial charge >= 0.3 is 12.0 Å². The van der Waals surface area contributed by atoms with Crippen molar-refractivity contribution in [3.8, 4) is 0 Å². The number of amidine groups is 1. The first-order valence-electron chi connectivity index (χ1n) is 8.40. The summed E-state index contributed by atoms with van der Waals surface area (Å²) in [6.07, 6.45) is 6.41. The second-order valence-corrected chi connectivity index (χ2v) is 6.21. The Labute approximate surface area is 147 Å². The summed E-state index contributed by atoms with van der Waals surface area (Å²) in [4.78, 5) is 32.8. The molecule has 1 unspecified atom stereocenters. The Hall–Kier alpha value is -2.48. The number of rotatable bonds is 6. The van der Waals surface area contributed by atoms with Gasteiger partial charge < -0.3 is 4.74 Å². The predicted molar refractivity (Wildman–Crippen MR) is 91.7 cm³/mol. The Bertz CT molecular complexity index is 765. The van der Waals surface area contributed by atoms with E-state index in [4.69, 9.17) is 4.74 Å². The number of fused-ring (bicyclic) bond motifs is 3. The number of amides is 3. The van der Waals surface area contributed by atoms with Crippen molar-refractivity contribution in [3.63, 3.8) is 0 Å². The number of nitrogens with zero attached hydrogens (tertiary/aromatic N) is 5. The van der Waals surface area contributed by atoms with Crippen LogP contribution in [0.3, 0.4) is 0 Å². The van der Waals surface area contributed by atoms with Crippen LogP contribution < -0.4 is 4.57 Å². The SMILES string of the molecule is C/C=C/CN1C(=O)C2C(=Nc3n(CCCOC)c(C)c[n+]32)N(C)C1=O. The highest BCUT2D eigenvalue weighted by molar-refractivity contribution is 6.19. The fourth-order valence-corrected chi connectivity index (χ4v) is 3.25. The van der Waals surface area contributed by atoms with Gasteiger partial charge in [-0.3, -0.25) is 14.6 Å².